The molecule has 8 N–H and O–H groups in total. The molecule has 1 aromatic carbocycles. The Kier molecular flexibility index (Phi) is 23.8. The monoisotopic (exact) mass is 429 g/mol. The molecule has 0 aliphatic carbocycles. The highest BCUT2D eigenvalue weighted by Crippen LogP contribution is 2.35. The largest absolute Gasteiger partial charge is 0.674 e. The van der Waals surface area contributed by atoms with Crippen LogP contribution in [0.2, 0.25) is 0 Å². The van der Waals surface area contributed by atoms with Crippen LogP contribution in [0.25, 0.3) is 4.98 Å². The summed E-state index contributed by atoms with van der Waals surface area (Å²) >= 11 is 0. The molecule has 10 nitrogen and oxygen atoms in total. The summed E-state index contributed by atoms with van der Waals surface area (Å²) in [4.78, 5) is 2.52. The normalized spacial score (nSPS) is 8.50. The quantitative estimate of drug-likeness (QED) is 0.144. The van der Waals surface area contributed by atoms with Gasteiger partial charge in [-0.25, -0.2) is 0 Å². The van der Waals surface area contributed by atoms with E-state index < -0.39 is 47.0 Å². The van der Waals surface area contributed by atoms with Crippen LogP contribution in [0.1, 0.15) is 5.56 Å². The van der Waals surface area contributed by atoms with Gasteiger partial charge in [0.25, 0.3) is 0 Å². The Morgan fingerprint density at radius 3 is 1.11 bits per heavy atom. The van der Waals surface area contributed by atoms with Crippen LogP contribution in [0.4, 0.5) is 36.1 Å². The van der Waals surface area contributed by atoms with E-state index >= 15 is 0 Å². The first-order valence-electron chi connectivity index (χ1n) is 6.01. The highest BCUT2D eigenvalue weighted by atomic mass is 19.4. The molecule has 0 radical (unpaired) electrons. The smallest absolute Gasteiger partial charge is 0.398 e. The predicted octanol–water partition coefficient (Wildman–Crippen LogP) is -1.11. The third-order valence-corrected chi connectivity index (χ3v) is 1.32. The molecule has 0 aromatic heterocycles. The van der Waals surface area contributed by atoms with Crippen molar-refractivity contribution in [2.75, 3.05) is 0 Å². The minimum atomic E-state index is -4.47. The van der Waals surface area contributed by atoms with Crippen LogP contribution < -0.4 is 0 Å². The van der Waals surface area contributed by atoms with E-state index in [-0.39, 0.29) is 0 Å². The van der Waals surface area contributed by atoms with Crippen LogP contribution >= 0.6 is 0 Å². The molecule has 1 aromatic rings. The van der Waals surface area contributed by atoms with Crippen molar-refractivity contribution in [1.29, 1.82) is 5.39 Å². The molecule has 0 bridgehead atoms. The molecule has 0 amide bonds. The Morgan fingerprint density at radius 1 is 0.679 bits per heavy atom. The Hall–Kier alpha value is -1.91. The minimum absolute atomic E-state index is 0.468. The van der Waals surface area contributed by atoms with Crippen LogP contribution in [-0.2, 0) is 6.18 Å². The zero-order valence-electron chi connectivity index (χ0n) is 13.2. The molecule has 0 unspecified atom stereocenters. The molecular weight excluding hydrogens is 416 g/mol. The number of diazo groups is 1. The second-order valence-electron chi connectivity index (χ2n) is 3.36. The zero-order chi connectivity index (χ0) is 23.5. The zero-order valence-corrected chi connectivity index (χ0v) is 13.2. The van der Waals surface area contributed by atoms with E-state index in [4.69, 9.17) is 45.6 Å². The Morgan fingerprint density at radius 2 is 0.929 bits per heavy atom. The molecule has 0 aliphatic heterocycles. The van der Waals surface area contributed by atoms with E-state index in [1.807, 2.05) is 0 Å². The SMILES string of the molecule is N#[N+]c1ccccc1C(F)(F)F.OB(O)F.OB(O)F.OB(O)F.OB(O)F. The highest BCUT2D eigenvalue weighted by molar-refractivity contribution is 6.32. The molecule has 21 heteroatoms. The Labute approximate surface area is 153 Å². The predicted molar refractivity (Wildman–Crippen MR) is 81.4 cm³/mol. The second-order valence-corrected chi connectivity index (χ2v) is 3.36. The fraction of sp³-hybridized carbons (Fsp3) is 0.143. The molecule has 0 spiro atoms. The number of rotatable bonds is 0. The van der Waals surface area contributed by atoms with Crippen molar-refractivity contribution in [3.63, 3.8) is 0 Å². The van der Waals surface area contributed by atoms with Crippen molar-refractivity contribution >= 4 is 35.3 Å². The van der Waals surface area contributed by atoms with Gasteiger partial charge in [0, 0.05) is 6.07 Å². The van der Waals surface area contributed by atoms with Crippen molar-refractivity contribution in [3.8, 4) is 0 Å². The molecule has 0 atom stereocenters. The van der Waals surface area contributed by atoms with E-state index in [0.29, 0.717) is 0 Å². The lowest BCUT2D eigenvalue weighted by atomic mass is 10.2. The summed E-state index contributed by atoms with van der Waals surface area (Å²) in [5.41, 5.74) is -1.41. The number of nitrogens with zero attached hydrogens (tertiary/aromatic N) is 2. The lowest BCUT2D eigenvalue weighted by Crippen LogP contribution is -2.04. The van der Waals surface area contributed by atoms with Crippen molar-refractivity contribution in [2.45, 2.75) is 6.18 Å². The van der Waals surface area contributed by atoms with Crippen molar-refractivity contribution in [2.24, 2.45) is 0 Å². The van der Waals surface area contributed by atoms with Gasteiger partial charge in [0.15, 0.2) is 10.5 Å². The number of alkyl halides is 3. The van der Waals surface area contributed by atoms with Gasteiger partial charge in [-0.1, -0.05) is 12.1 Å². The summed E-state index contributed by atoms with van der Waals surface area (Å²) < 4.78 is 76.6. The number of hydrogen-bond acceptors (Lipinski definition) is 9. The van der Waals surface area contributed by atoms with Crippen molar-refractivity contribution in [3.05, 3.63) is 34.8 Å². The third kappa shape index (κ3) is 44.0. The summed E-state index contributed by atoms with van der Waals surface area (Å²) in [7, 11) is -10.7. The molecule has 0 aliphatic rings. The average molecular weight is 428 g/mol. The van der Waals surface area contributed by atoms with Gasteiger partial charge in [0.2, 0.25) is 5.39 Å². The number of benzene rings is 1. The summed E-state index contributed by atoms with van der Waals surface area (Å²) in [5, 5.41) is 63.8. The van der Waals surface area contributed by atoms with E-state index in [2.05, 4.69) is 4.98 Å². The van der Waals surface area contributed by atoms with Crippen LogP contribution in [0.15, 0.2) is 24.3 Å². The fourth-order valence-corrected chi connectivity index (χ4v) is 0.801. The highest BCUT2D eigenvalue weighted by Gasteiger charge is 2.38. The molecule has 28 heavy (non-hydrogen) atoms. The molecule has 0 saturated carbocycles. The maximum absolute atomic E-state index is 12.1. The van der Waals surface area contributed by atoms with Gasteiger partial charge in [0.1, 0.15) is 0 Å². The summed E-state index contributed by atoms with van der Waals surface area (Å²) in [6, 6.07) is 4.54. The standard InChI is InChI=1S/C7H4F3N2.4BFH2O2/c8-7(9,10)5-3-1-2-4-6(5)12-11;4*2-1(3)4/h1-4H;4*3-4H/q+1;;;;. The second kappa shape index (κ2) is 19.8. The summed E-state index contributed by atoms with van der Waals surface area (Å²) in [5.74, 6) is 0. The van der Waals surface area contributed by atoms with Gasteiger partial charge in [-0.05, 0) is 6.07 Å². The van der Waals surface area contributed by atoms with Gasteiger partial charge < -0.3 is 40.2 Å². The van der Waals surface area contributed by atoms with E-state index in [1.165, 1.54) is 12.1 Å². The van der Waals surface area contributed by atoms with Crippen LogP contribution in [0, 0.1) is 5.39 Å². The lowest BCUT2D eigenvalue weighted by Gasteiger charge is -2.01. The third-order valence-electron chi connectivity index (χ3n) is 1.32. The lowest BCUT2D eigenvalue weighted by molar-refractivity contribution is -0.136. The maximum Gasteiger partial charge on any atom is 0.674 e. The average Bonchev–Trinajstić information content (AvgIpc) is 2.44. The Bertz CT molecular complexity index is 488. The molecule has 1 rings (SSSR count). The first-order valence-corrected chi connectivity index (χ1v) is 6.01. The topological polar surface area (TPSA) is 190 Å². The van der Waals surface area contributed by atoms with Crippen molar-refractivity contribution in [1.82, 2.24) is 0 Å². The maximum atomic E-state index is 12.1. The first kappa shape index (κ1) is 33.7. The Balaban J connectivity index is -0.000000150. The van der Waals surface area contributed by atoms with Crippen LogP contribution in [0.5, 0.6) is 0 Å². The van der Waals surface area contributed by atoms with Gasteiger partial charge >= 0.3 is 41.4 Å². The van der Waals surface area contributed by atoms with Gasteiger partial charge in [-0.15, -0.1) is 0 Å². The number of halogens is 7. The molecule has 0 saturated heterocycles. The van der Waals surface area contributed by atoms with Crippen LogP contribution in [-0.4, -0.2) is 69.8 Å². The van der Waals surface area contributed by atoms with Gasteiger partial charge in [-0.3, -0.25) is 17.3 Å². The molecular formula is C7H12B4F7N2O8+. The minimum Gasteiger partial charge on any atom is -0.398 e. The van der Waals surface area contributed by atoms with E-state index in [1.54, 1.807) is 0 Å². The summed E-state index contributed by atoms with van der Waals surface area (Å²) in [6.07, 6.45) is -4.47. The molecule has 0 heterocycles. The molecule has 158 valence electrons. The summed E-state index contributed by atoms with van der Waals surface area (Å²) in [6.45, 7) is 0. The van der Waals surface area contributed by atoms with Gasteiger partial charge in [0.05, 0.1) is 0 Å². The fourth-order valence-electron chi connectivity index (χ4n) is 0.801. The first-order chi connectivity index (χ1) is 12.5. The van der Waals surface area contributed by atoms with Crippen molar-refractivity contribution < 1.29 is 70.6 Å². The number of hydrogen-bond donors (Lipinski definition) is 8. The van der Waals surface area contributed by atoms with E-state index in [9.17, 15) is 30.4 Å². The van der Waals surface area contributed by atoms with Crippen LogP contribution in [0.3, 0.4) is 0 Å². The van der Waals surface area contributed by atoms with Gasteiger partial charge in [-0.2, -0.15) is 13.2 Å². The molecule has 0 fully saturated rings. The van der Waals surface area contributed by atoms with E-state index in [0.717, 1.165) is 12.1 Å².